The van der Waals surface area contributed by atoms with E-state index in [1.54, 1.807) is 31.3 Å². The van der Waals surface area contributed by atoms with Crippen LogP contribution in [0.3, 0.4) is 0 Å². The van der Waals surface area contributed by atoms with Crippen LogP contribution in [0.4, 0.5) is 0 Å². The fourth-order valence-corrected chi connectivity index (χ4v) is 1.58. The van der Waals surface area contributed by atoms with Crippen molar-refractivity contribution in [3.63, 3.8) is 0 Å². The average molecular weight is 241 g/mol. The van der Waals surface area contributed by atoms with Crippen molar-refractivity contribution in [3.8, 4) is 0 Å². The summed E-state index contributed by atoms with van der Waals surface area (Å²) in [4.78, 5) is 13.8. The molecule has 0 aromatic carbocycles. The highest BCUT2D eigenvalue weighted by Crippen LogP contribution is 2.09. The standard InChI is InChI=1S/C12H19NO4/c1-10(9-16-3)13(6-8-15-2)12(14)11-5-4-7-17-11/h4-5,7,10H,6,8-9H2,1-3H3. The van der Waals surface area contributed by atoms with Crippen molar-refractivity contribution in [3.05, 3.63) is 24.2 Å². The van der Waals surface area contributed by atoms with E-state index >= 15 is 0 Å². The molecule has 0 spiro atoms. The van der Waals surface area contributed by atoms with Gasteiger partial charge >= 0.3 is 0 Å². The second-order valence-corrected chi connectivity index (χ2v) is 3.77. The maximum absolute atomic E-state index is 12.1. The van der Waals surface area contributed by atoms with Crippen LogP contribution < -0.4 is 0 Å². The summed E-state index contributed by atoms with van der Waals surface area (Å²) in [5, 5.41) is 0. The SMILES string of the molecule is COCCN(C(=O)c1ccco1)C(C)COC. The smallest absolute Gasteiger partial charge is 0.289 e. The molecule has 1 atom stereocenters. The quantitative estimate of drug-likeness (QED) is 0.724. The molecule has 1 aromatic heterocycles. The van der Waals surface area contributed by atoms with Crippen LogP contribution in [0.25, 0.3) is 0 Å². The second kappa shape index (κ2) is 7.09. The molecule has 0 radical (unpaired) electrons. The summed E-state index contributed by atoms with van der Waals surface area (Å²) in [6.45, 7) is 3.41. The highest BCUT2D eigenvalue weighted by molar-refractivity contribution is 5.91. The molecule has 1 rings (SSSR count). The molecule has 1 amide bonds. The zero-order valence-corrected chi connectivity index (χ0v) is 10.5. The van der Waals surface area contributed by atoms with Gasteiger partial charge in [0.2, 0.25) is 0 Å². The number of furan rings is 1. The summed E-state index contributed by atoms with van der Waals surface area (Å²) >= 11 is 0. The Balaban J connectivity index is 2.71. The van der Waals surface area contributed by atoms with Gasteiger partial charge in [-0.1, -0.05) is 0 Å². The number of methoxy groups -OCH3 is 2. The summed E-state index contributed by atoms with van der Waals surface area (Å²) < 4.78 is 15.2. The summed E-state index contributed by atoms with van der Waals surface area (Å²) in [6.07, 6.45) is 1.49. The van der Waals surface area contributed by atoms with Gasteiger partial charge in [0.15, 0.2) is 5.76 Å². The van der Waals surface area contributed by atoms with E-state index in [1.807, 2.05) is 6.92 Å². The number of carbonyl (C=O) groups is 1. The van der Waals surface area contributed by atoms with Gasteiger partial charge in [0.25, 0.3) is 5.91 Å². The van der Waals surface area contributed by atoms with Gasteiger partial charge < -0.3 is 18.8 Å². The number of nitrogens with zero attached hydrogens (tertiary/aromatic N) is 1. The minimum Gasteiger partial charge on any atom is -0.459 e. The topological polar surface area (TPSA) is 51.9 Å². The van der Waals surface area contributed by atoms with E-state index in [2.05, 4.69) is 0 Å². The molecule has 1 heterocycles. The lowest BCUT2D eigenvalue weighted by Crippen LogP contribution is -2.42. The Labute approximate surface area is 101 Å². The van der Waals surface area contributed by atoms with Crippen molar-refractivity contribution < 1.29 is 18.7 Å². The molecule has 0 N–H and O–H groups in total. The molecule has 0 saturated carbocycles. The molecule has 0 aliphatic carbocycles. The molecule has 0 bridgehead atoms. The van der Waals surface area contributed by atoms with Crippen LogP contribution in [0, 0.1) is 0 Å². The minimum absolute atomic E-state index is 0.0206. The first-order valence-corrected chi connectivity index (χ1v) is 5.53. The zero-order chi connectivity index (χ0) is 12.7. The Morgan fingerprint density at radius 2 is 2.24 bits per heavy atom. The van der Waals surface area contributed by atoms with E-state index in [0.717, 1.165) is 0 Å². The maximum atomic E-state index is 12.1. The van der Waals surface area contributed by atoms with Crippen LogP contribution in [0.15, 0.2) is 22.8 Å². The molecule has 1 aromatic rings. The fourth-order valence-electron chi connectivity index (χ4n) is 1.58. The number of amides is 1. The molecule has 0 aliphatic rings. The third-order valence-corrected chi connectivity index (χ3v) is 2.47. The molecule has 0 saturated heterocycles. The number of ether oxygens (including phenoxy) is 2. The largest absolute Gasteiger partial charge is 0.459 e. The van der Waals surface area contributed by atoms with Gasteiger partial charge in [0, 0.05) is 20.8 Å². The van der Waals surface area contributed by atoms with E-state index in [9.17, 15) is 4.79 Å². The Morgan fingerprint density at radius 3 is 2.76 bits per heavy atom. The first-order valence-electron chi connectivity index (χ1n) is 5.53. The number of carbonyl (C=O) groups excluding carboxylic acids is 1. The zero-order valence-electron chi connectivity index (χ0n) is 10.5. The molecular formula is C12H19NO4. The molecule has 96 valence electrons. The predicted octanol–water partition coefficient (Wildman–Crippen LogP) is 1.40. The van der Waals surface area contributed by atoms with Crippen LogP contribution in [0.5, 0.6) is 0 Å². The van der Waals surface area contributed by atoms with Crippen LogP contribution in [0.2, 0.25) is 0 Å². The Bertz CT molecular complexity index is 323. The monoisotopic (exact) mass is 241 g/mol. The molecule has 5 nitrogen and oxygen atoms in total. The summed E-state index contributed by atoms with van der Waals surface area (Å²) in [6, 6.07) is 3.33. The van der Waals surface area contributed by atoms with Gasteiger partial charge in [-0.15, -0.1) is 0 Å². The molecule has 0 aliphatic heterocycles. The lowest BCUT2D eigenvalue weighted by Gasteiger charge is -2.27. The third-order valence-electron chi connectivity index (χ3n) is 2.47. The molecule has 5 heteroatoms. The normalized spacial score (nSPS) is 12.4. The van der Waals surface area contributed by atoms with E-state index in [1.165, 1.54) is 6.26 Å². The molecule has 1 unspecified atom stereocenters. The first-order chi connectivity index (χ1) is 8.20. The Hall–Kier alpha value is -1.33. The minimum atomic E-state index is -0.142. The van der Waals surface area contributed by atoms with E-state index in [-0.39, 0.29) is 11.9 Å². The lowest BCUT2D eigenvalue weighted by molar-refractivity contribution is 0.0452. The number of rotatable bonds is 7. The predicted molar refractivity (Wildman–Crippen MR) is 63.0 cm³/mol. The Morgan fingerprint density at radius 1 is 1.47 bits per heavy atom. The van der Waals surface area contributed by atoms with Crippen LogP contribution in [-0.4, -0.2) is 50.8 Å². The summed E-state index contributed by atoms with van der Waals surface area (Å²) in [5.41, 5.74) is 0. The van der Waals surface area contributed by atoms with Crippen molar-refractivity contribution in [2.75, 3.05) is 34.0 Å². The van der Waals surface area contributed by atoms with Crippen molar-refractivity contribution in [2.45, 2.75) is 13.0 Å². The molecule has 17 heavy (non-hydrogen) atoms. The van der Waals surface area contributed by atoms with Gasteiger partial charge in [0.05, 0.1) is 25.5 Å². The van der Waals surface area contributed by atoms with Crippen molar-refractivity contribution in [1.29, 1.82) is 0 Å². The highest BCUT2D eigenvalue weighted by Gasteiger charge is 2.22. The van der Waals surface area contributed by atoms with E-state index < -0.39 is 0 Å². The van der Waals surface area contributed by atoms with Gasteiger partial charge in [-0.2, -0.15) is 0 Å². The van der Waals surface area contributed by atoms with Crippen LogP contribution in [0.1, 0.15) is 17.5 Å². The third kappa shape index (κ3) is 3.87. The van der Waals surface area contributed by atoms with Crippen LogP contribution in [-0.2, 0) is 9.47 Å². The van der Waals surface area contributed by atoms with E-state index in [4.69, 9.17) is 13.9 Å². The highest BCUT2D eigenvalue weighted by atomic mass is 16.5. The van der Waals surface area contributed by atoms with Crippen molar-refractivity contribution >= 4 is 5.91 Å². The van der Waals surface area contributed by atoms with Gasteiger partial charge in [-0.05, 0) is 19.1 Å². The summed E-state index contributed by atoms with van der Waals surface area (Å²) in [5.74, 6) is 0.195. The fraction of sp³-hybridized carbons (Fsp3) is 0.583. The maximum Gasteiger partial charge on any atom is 0.289 e. The number of hydrogen-bond acceptors (Lipinski definition) is 4. The van der Waals surface area contributed by atoms with Crippen LogP contribution >= 0.6 is 0 Å². The van der Waals surface area contributed by atoms with Gasteiger partial charge in [-0.3, -0.25) is 4.79 Å². The van der Waals surface area contributed by atoms with Gasteiger partial charge in [-0.25, -0.2) is 0 Å². The number of hydrogen-bond donors (Lipinski definition) is 0. The average Bonchev–Trinajstić information content (AvgIpc) is 2.83. The Kier molecular flexibility index (Phi) is 5.72. The lowest BCUT2D eigenvalue weighted by atomic mass is 10.2. The van der Waals surface area contributed by atoms with Crippen molar-refractivity contribution in [2.24, 2.45) is 0 Å². The second-order valence-electron chi connectivity index (χ2n) is 3.77. The van der Waals surface area contributed by atoms with E-state index in [0.29, 0.717) is 25.5 Å². The van der Waals surface area contributed by atoms with Crippen molar-refractivity contribution in [1.82, 2.24) is 4.90 Å². The van der Waals surface area contributed by atoms with Gasteiger partial charge in [0.1, 0.15) is 0 Å². The molecule has 0 fully saturated rings. The summed E-state index contributed by atoms with van der Waals surface area (Å²) in [7, 11) is 3.22. The first kappa shape index (κ1) is 13.7. The molecular weight excluding hydrogens is 222 g/mol.